The van der Waals surface area contributed by atoms with Crippen LogP contribution in [0.25, 0.3) is 0 Å². The fraction of sp³-hybridized carbons (Fsp3) is 0.143. The lowest BCUT2D eigenvalue weighted by atomic mass is 10.1. The number of rotatable bonds is 4. The second-order valence-electron chi connectivity index (χ2n) is 6.29. The van der Waals surface area contributed by atoms with Crippen molar-refractivity contribution in [3.05, 3.63) is 76.6 Å². The van der Waals surface area contributed by atoms with E-state index in [1.165, 1.54) is 0 Å². The first-order chi connectivity index (χ1) is 12.9. The number of nitrogens with zero attached hydrogens (tertiary/aromatic N) is 3. The quantitative estimate of drug-likeness (QED) is 0.728. The highest BCUT2D eigenvalue weighted by Crippen LogP contribution is 2.17. The number of amides is 1. The number of carbonyl (C=O) groups is 1. The third-order valence-corrected chi connectivity index (χ3v) is 4.10. The SMILES string of the molecule is Cc1cc(C(=O)Nc2ccc(C)c(C)c2)nc(Nc2cccc(C#N)c2)n1. The maximum absolute atomic E-state index is 12.6. The van der Waals surface area contributed by atoms with Crippen molar-refractivity contribution in [3.63, 3.8) is 0 Å². The molecule has 3 aromatic rings. The van der Waals surface area contributed by atoms with E-state index >= 15 is 0 Å². The molecule has 3 rings (SSSR count). The van der Waals surface area contributed by atoms with Gasteiger partial charge in [0.15, 0.2) is 0 Å². The molecule has 0 aliphatic carbocycles. The summed E-state index contributed by atoms with van der Waals surface area (Å²) in [7, 11) is 0. The number of carbonyl (C=O) groups excluding carboxylic acids is 1. The number of hydrogen-bond acceptors (Lipinski definition) is 5. The van der Waals surface area contributed by atoms with Gasteiger partial charge in [-0.15, -0.1) is 0 Å². The van der Waals surface area contributed by atoms with Crippen LogP contribution < -0.4 is 10.6 Å². The van der Waals surface area contributed by atoms with Gasteiger partial charge in [0.2, 0.25) is 5.95 Å². The lowest BCUT2D eigenvalue weighted by Gasteiger charge is -2.10. The Bertz CT molecular complexity index is 1050. The third-order valence-electron chi connectivity index (χ3n) is 4.10. The lowest BCUT2D eigenvalue weighted by molar-refractivity contribution is 0.102. The Morgan fingerprint density at radius 1 is 0.963 bits per heavy atom. The molecule has 0 radical (unpaired) electrons. The van der Waals surface area contributed by atoms with Crippen LogP contribution in [0.2, 0.25) is 0 Å². The average Bonchev–Trinajstić information content (AvgIpc) is 2.64. The van der Waals surface area contributed by atoms with E-state index in [1.54, 1.807) is 37.3 Å². The Balaban J connectivity index is 1.82. The van der Waals surface area contributed by atoms with Gasteiger partial charge in [0.25, 0.3) is 5.91 Å². The fourth-order valence-corrected chi connectivity index (χ4v) is 2.55. The Morgan fingerprint density at radius 2 is 1.78 bits per heavy atom. The zero-order valence-electron chi connectivity index (χ0n) is 15.4. The van der Waals surface area contributed by atoms with Crippen molar-refractivity contribution >= 4 is 23.2 Å². The number of aryl methyl sites for hydroxylation is 3. The molecule has 6 heteroatoms. The zero-order chi connectivity index (χ0) is 19.4. The molecule has 0 atom stereocenters. The highest BCUT2D eigenvalue weighted by atomic mass is 16.1. The van der Waals surface area contributed by atoms with Crippen LogP contribution in [0.3, 0.4) is 0 Å². The largest absolute Gasteiger partial charge is 0.324 e. The molecule has 2 aromatic carbocycles. The average molecular weight is 357 g/mol. The summed E-state index contributed by atoms with van der Waals surface area (Å²) < 4.78 is 0. The van der Waals surface area contributed by atoms with E-state index in [0.29, 0.717) is 22.9 Å². The molecule has 1 heterocycles. The second-order valence-corrected chi connectivity index (χ2v) is 6.29. The van der Waals surface area contributed by atoms with Gasteiger partial charge in [-0.3, -0.25) is 4.79 Å². The summed E-state index contributed by atoms with van der Waals surface area (Å²) in [5.41, 5.74) is 5.12. The van der Waals surface area contributed by atoms with Crippen LogP contribution in [0.15, 0.2) is 48.5 Å². The Hall–Kier alpha value is -3.72. The van der Waals surface area contributed by atoms with Crippen LogP contribution in [0.1, 0.15) is 32.9 Å². The van der Waals surface area contributed by atoms with Crippen molar-refractivity contribution in [1.82, 2.24) is 9.97 Å². The number of benzene rings is 2. The molecule has 0 bridgehead atoms. The molecule has 0 saturated carbocycles. The molecule has 0 fully saturated rings. The molecule has 0 saturated heterocycles. The topological polar surface area (TPSA) is 90.7 Å². The summed E-state index contributed by atoms with van der Waals surface area (Å²) >= 11 is 0. The van der Waals surface area contributed by atoms with Crippen LogP contribution in [-0.4, -0.2) is 15.9 Å². The molecule has 0 aliphatic heterocycles. The van der Waals surface area contributed by atoms with Crippen molar-refractivity contribution in [2.75, 3.05) is 10.6 Å². The van der Waals surface area contributed by atoms with Crippen molar-refractivity contribution in [1.29, 1.82) is 5.26 Å². The van der Waals surface area contributed by atoms with Gasteiger partial charge in [-0.25, -0.2) is 9.97 Å². The van der Waals surface area contributed by atoms with E-state index in [9.17, 15) is 4.79 Å². The van der Waals surface area contributed by atoms with Crippen molar-refractivity contribution < 1.29 is 4.79 Å². The number of hydrogen-bond donors (Lipinski definition) is 2. The molecule has 0 spiro atoms. The second kappa shape index (κ2) is 7.67. The van der Waals surface area contributed by atoms with Crippen LogP contribution in [0.4, 0.5) is 17.3 Å². The first-order valence-electron chi connectivity index (χ1n) is 8.46. The maximum Gasteiger partial charge on any atom is 0.274 e. The normalized spacial score (nSPS) is 10.1. The van der Waals surface area contributed by atoms with E-state index in [-0.39, 0.29) is 11.6 Å². The van der Waals surface area contributed by atoms with E-state index in [1.807, 2.05) is 32.0 Å². The smallest absolute Gasteiger partial charge is 0.274 e. The number of anilines is 3. The van der Waals surface area contributed by atoms with Gasteiger partial charge in [0.1, 0.15) is 5.69 Å². The molecule has 6 nitrogen and oxygen atoms in total. The molecule has 0 unspecified atom stereocenters. The van der Waals surface area contributed by atoms with Gasteiger partial charge < -0.3 is 10.6 Å². The van der Waals surface area contributed by atoms with E-state index in [2.05, 4.69) is 26.7 Å². The summed E-state index contributed by atoms with van der Waals surface area (Å²) in [6.45, 7) is 5.82. The minimum absolute atomic E-state index is 0.264. The summed E-state index contributed by atoms with van der Waals surface area (Å²) in [5, 5.41) is 14.9. The molecule has 134 valence electrons. The van der Waals surface area contributed by atoms with E-state index in [4.69, 9.17) is 5.26 Å². The standard InChI is InChI=1S/C21H19N5O/c1-13-7-8-18(9-14(13)2)24-20(27)19-10-15(3)23-21(26-19)25-17-6-4-5-16(11-17)12-22/h4-11H,1-3H3,(H,24,27)(H,23,25,26). The van der Waals surface area contributed by atoms with Gasteiger partial charge in [0, 0.05) is 17.1 Å². The van der Waals surface area contributed by atoms with Crippen molar-refractivity contribution in [3.8, 4) is 6.07 Å². The number of nitrogens with one attached hydrogen (secondary N) is 2. The van der Waals surface area contributed by atoms with Crippen molar-refractivity contribution in [2.45, 2.75) is 20.8 Å². The molecular formula is C21H19N5O. The molecule has 1 aromatic heterocycles. The van der Waals surface area contributed by atoms with Gasteiger partial charge in [-0.1, -0.05) is 12.1 Å². The number of aromatic nitrogens is 2. The minimum atomic E-state index is -0.308. The summed E-state index contributed by atoms with van der Waals surface area (Å²) in [5.74, 6) is -0.00657. The zero-order valence-corrected chi connectivity index (χ0v) is 15.4. The highest BCUT2D eigenvalue weighted by Gasteiger charge is 2.12. The predicted molar refractivity (Wildman–Crippen MR) is 105 cm³/mol. The van der Waals surface area contributed by atoms with Crippen molar-refractivity contribution in [2.24, 2.45) is 0 Å². The third kappa shape index (κ3) is 4.47. The highest BCUT2D eigenvalue weighted by molar-refractivity contribution is 6.03. The molecule has 27 heavy (non-hydrogen) atoms. The minimum Gasteiger partial charge on any atom is -0.324 e. The lowest BCUT2D eigenvalue weighted by Crippen LogP contribution is -2.15. The Kier molecular flexibility index (Phi) is 5.13. The monoisotopic (exact) mass is 357 g/mol. The van der Waals surface area contributed by atoms with Crippen LogP contribution in [-0.2, 0) is 0 Å². The predicted octanol–water partition coefficient (Wildman–Crippen LogP) is 4.27. The van der Waals surface area contributed by atoms with Gasteiger partial charge in [0.05, 0.1) is 11.6 Å². The summed E-state index contributed by atoms with van der Waals surface area (Å²) in [6, 6.07) is 16.4. The fourth-order valence-electron chi connectivity index (χ4n) is 2.55. The van der Waals surface area contributed by atoms with E-state index < -0.39 is 0 Å². The number of nitriles is 1. The van der Waals surface area contributed by atoms with Crippen LogP contribution >= 0.6 is 0 Å². The molecule has 1 amide bonds. The van der Waals surface area contributed by atoms with E-state index in [0.717, 1.165) is 16.8 Å². The summed E-state index contributed by atoms with van der Waals surface area (Å²) in [4.78, 5) is 21.2. The Morgan fingerprint density at radius 3 is 2.52 bits per heavy atom. The maximum atomic E-state index is 12.6. The molecule has 0 aliphatic rings. The first-order valence-corrected chi connectivity index (χ1v) is 8.46. The van der Waals surface area contributed by atoms with Gasteiger partial charge in [-0.05, 0) is 68.3 Å². The first kappa shape index (κ1) is 18.1. The van der Waals surface area contributed by atoms with Gasteiger partial charge in [-0.2, -0.15) is 5.26 Å². The van der Waals surface area contributed by atoms with Gasteiger partial charge >= 0.3 is 0 Å². The summed E-state index contributed by atoms with van der Waals surface area (Å²) in [6.07, 6.45) is 0. The Labute approximate surface area is 157 Å². The van der Waals surface area contributed by atoms with Crippen LogP contribution in [0, 0.1) is 32.1 Å². The molecular weight excluding hydrogens is 338 g/mol. The van der Waals surface area contributed by atoms with Crippen LogP contribution in [0.5, 0.6) is 0 Å². The molecule has 2 N–H and O–H groups in total.